The number of hydrogen-bond donors (Lipinski definition) is 2. The first kappa shape index (κ1) is 42.5. The first-order valence-electron chi connectivity index (χ1n) is 15.9. The smallest absolute Gasteiger partial charge is 0.303 e. The third kappa shape index (κ3) is 31.9. The Hall–Kier alpha value is -1.55. The number of carbonyl (C=O) groups is 5. The Kier molecular flexibility index (Phi) is 30.3. The van der Waals surface area contributed by atoms with Gasteiger partial charge in [-0.25, -0.2) is 0 Å². The molecule has 0 aromatic heterocycles. The second-order valence-corrected chi connectivity index (χ2v) is 11.7. The lowest BCUT2D eigenvalue weighted by molar-refractivity contribution is -0.137. The van der Waals surface area contributed by atoms with Crippen LogP contribution in [-0.2, 0) is 42.9 Å². The van der Waals surface area contributed by atoms with Crippen molar-refractivity contribution in [1.29, 1.82) is 0 Å². The zero-order valence-electron chi connectivity index (χ0n) is 26.4. The zero-order valence-corrected chi connectivity index (χ0v) is 28.7. The number of rotatable bonds is 33. The molecule has 0 aromatic carbocycles. The summed E-state index contributed by atoms with van der Waals surface area (Å²) in [5.41, 5.74) is -0.0101. The molecule has 0 bridgehead atoms. The number of carboxylic acid groups (broad SMARTS) is 1. The maximum atomic E-state index is 12.9. The van der Waals surface area contributed by atoms with Crippen LogP contribution in [0.4, 0.5) is 0 Å². The minimum Gasteiger partial charge on any atom is -0.481 e. The molecule has 0 aliphatic carbocycles. The zero-order chi connectivity index (χ0) is 32.7. The summed E-state index contributed by atoms with van der Waals surface area (Å²) in [7, 11) is 4.22. The first-order valence-corrected chi connectivity index (χ1v) is 17.0. The van der Waals surface area contributed by atoms with Crippen LogP contribution in [0.1, 0.15) is 89.9 Å². The van der Waals surface area contributed by atoms with Crippen LogP contribution in [0.15, 0.2) is 0 Å². The van der Waals surface area contributed by atoms with Gasteiger partial charge >= 0.3 is 5.97 Å². The van der Waals surface area contributed by atoms with Crippen LogP contribution in [0.3, 0.4) is 0 Å². The predicted octanol–water partition coefficient (Wildman–Crippen LogP) is 3.35. The van der Waals surface area contributed by atoms with E-state index in [1.165, 1.54) is 0 Å². The maximum Gasteiger partial charge on any atom is 0.303 e. The molecule has 0 aliphatic rings. The fourth-order valence-corrected chi connectivity index (χ4v) is 4.27. The molecule has 256 valence electrons. The Labute approximate surface area is 267 Å². The quantitative estimate of drug-likeness (QED) is 0.0786. The maximum absolute atomic E-state index is 12.9. The molecule has 0 radical (unpaired) electrons. The van der Waals surface area contributed by atoms with Crippen molar-refractivity contribution in [2.45, 2.75) is 89.9 Å². The molecular formula is C30H56N2O10P2. The van der Waals surface area contributed by atoms with E-state index >= 15 is 0 Å². The highest BCUT2D eigenvalue weighted by atomic mass is 31.0. The van der Waals surface area contributed by atoms with Crippen molar-refractivity contribution in [1.82, 2.24) is 10.2 Å². The van der Waals surface area contributed by atoms with Crippen molar-refractivity contribution >= 4 is 47.3 Å². The molecular weight excluding hydrogens is 610 g/mol. The number of hydrogen-bond acceptors (Lipinski definition) is 9. The molecule has 2 unspecified atom stereocenters. The summed E-state index contributed by atoms with van der Waals surface area (Å²) in [6.45, 7) is 4.06. The average molecular weight is 667 g/mol. The van der Waals surface area contributed by atoms with Gasteiger partial charge in [0.05, 0.1) is 52.9 Å². The average Bonchev–Trinajstić information content (AvgIpc) is 2.97. The highest BCUT2D eigenvalue weighted by Gasteiger charge is 2.13. The number of aliphatic carboxylic acids is 1. The third-order valence-corrected chi connectivity index (χ3v) is 7.10. The van der Waals surface area contributed by atoms with E-state index < -0.39 is 5.97 Å². The number of amides is 2. The number of unbranched alkanes of at least 4 members (excludes halogenated alkanes) is 7. The number of carboxylic acids is 1. The van der Waals surface area contributed by atoms with Crippen molar-refractivity contribution in [3.05, 3.63) is 0 Å². The van der Waals surface area contributed by atoms with Gasteiger partial charge in [-0.2, -0.15) is 0 Å². The van der Waals surface area contributed by atoms with Crippen LogP contribution in [0.2, 0.25) is 0 Å². The van der Waals surface area contributed by atoms with Crippen molar-refractivity contribution in [2.75, 3.05) is 72.5 Å². The van der Waals surface area contributed by atoms with Crippen molar-refractivity contribution in [3.63, 3.8) is 0 Å². The SMILES string of the molecule is O=C(O)CCCCCCCCCCC(=O)NCCCC(=O)N(CCOCCOCCC(=O)P)CCOCCOCCC(=O)P. The van der Waals surface area contributed by atoms with Gasteiger partial charge < -0.3 is 34.3 Å². The van der Waals surface area contributed by atoms with Crippen LogP contribution in [0.25, 0.3) is 0 Å². The lowest BCUT2D eigenvalue weighted by atomic mass is 10.1. The van der Waals surface area contributed by atoms with E-state index in [0.29, 0.717) is 105 Å². The van der Waals surface area contributed by atoms with Crippen molar-refractivity contribution in [2.24, 2.45) is 0 Å². The molecule has 0 spiro atoms. The van der Waals surface area contributed by atoms with E-state index in [2.05, 4.69) is 23.8 Å². The second-order valence-electron chi connectivity index (χ2n) is 10.4. The van der Waals surface area contributed by atoms with E-state index in [1.54, 1.807) is 4.90 Å². The van der Waals surface area contributed by atoms with Crippen molar-refractivity contribution in [3.8, 4) is 0 Å². The summed E-state index contributed by atoms with van der Waals surface area (Å²) in [4.78, 5) is 59.0. The normalized spacial score (nSPS) is 11.0. The largest absolute Gasteiger partial charge is 0.481 e. The Bertz CT molecular complexity index is 759. The summed E-state index contributed by atoms with van der Waals surface area (Å²) < 4.78 is 21.9. The van der Waals surface area contributed by atoms with Crippen LogP contribution < -0.4 is 5.32 Å². The summed E-state index contributed by atoms with van der Waals surface area (Å²) in [5.74, 6) is -0.778. The second kappa shape index (κ2) is 31.4. The number of nitrogens with one attached hydrogen (secondary N) is 1. The summed E-state index contributed by atoms with van der Waals surface area (Å²) in [5, 5.41) is 11.5. The Balaban J connectivity index is 4.13. The van der Waals surface area contributed by atoms with Crippen LogP contribution >= 0.6 is 18.5 Å². The van der Waals surface area contributed by atoms with Gasteiger partial charge in [-0.15, -0.1) is 0 Å². The Morgan fingerprint density at radius 1 is 0.523 bits per heavy atom. The first-order chi connectivity index (χ1) is 21.2. The van der Waals surface area contributed by atoms with Gasteiger partial charge in [-0.1, -0.05) is 57.0 Å². The molecule has 2 atom stereocenters. The topological polar surface area (TPSA) is 158 Å². The summed E-state index contributed by atoms with van der Waals surface area (Å²) >= 11 is 0. The van der Waals surface area contributed by atoms with E-state index in [0.717, 1.165) is 51.4 Å². The fraction of sp³-hybridized carbons (Fsp3) is 0.833. The van der Waals surface area contributed by atoms with Crippen LogP contribution in [0.5, 0.6) is 0 Å². The van der Waals surface area contributed by atoms with Gasteiger partial charge in [0, 0.05) is 51.7 Å². The predicted molar refractivity (Wildman–Crippen MR) is 175 cm³/mol. The molecule has 0 rings (SSSR count). The number of ether oxygens (including phenoxy) is 4. The molecule has 0 saturated heterocycles. The Morgan fingerprint density at radius 3 is 1.41 bits per heavy atom. The van der Waals surface area contributed by atoms with Crippen LogP contribution in [-0.4, -0.2) is 111 Å². The van der Waals surface area contributed by atoms with Crippen LogP contribution in [0, 0.1) is 0 Å². The van der Waals surface area contributed by atoms with E-state index in [4.69, 9.17) is 24.1 Å². The monoisotopic (exact) mass is 666 g/mol. The fourth-order valence-electron chi connectivity index (χ4n) is 4.04. The van der Waals surface area contributed by atoms with Gasteiger partial charge in [-0.3, -0.25) is 24.0 Å². The molecule has 14 heteroatoms. The summed E-state index contributed by atoms with van der Waals surface area (Å²) in [6, 6.07) is 0. The Morgan fingerprint density at radius 2 is 0.955 bits per heavy atom. The lowest BCUT2D eigenvalue weighted by Gasteiger charge is -2.23. The van der Waals surface area contributed by atoms with E-state index in [-0.39, 0.29) is 29.3 Å². The molecule has 2 N–H and O–H groups in total. The van der Waals surface area contributed by atoms with Gasteiger partial charge in [-0.05, 0) is 19.3 Å². The van der Waals surface area contributed by atoms with Crippen molar-refractivity contribution < 1.29 is 48.0 Å². The van der Waals surface area contributed by atoms with Gasteiger partial charge in [0.15, 0.2) is 11.0 Å². The number of nitrogens with zero attached hydrogens (tertiary/aromatic N) is 1. The highest BCUT2D eigenvalue weighted by molar-refractivity contribution is 7.40. The minimum absolute atomic E-state index is 0.00155. The lowest BCUT2D eigenvalue weighted by Crippen LogP contribution is -2.37. The molecule has 0 fully saturated rings. The van der Waals surface area contributed by atoms with E-state index in [9.17, 15) is 24.0 Å². The third-order valence-electron chi connectivity index (χ3n) is 6.53. The molecule has 2 amide bonds. The molecule has 0 saturated carbocycles. The minimum atomic E-state index is -0.735. The molecule has 44 heavy (non-hydrogen) atoms. The van der Waals surface area contributed by atoms with E-state index in [1.807, 2.05) is 0 Å². The van der Waals surface area contributed by atoms with Gasteiger partial charge in [0.2, 0.25) is 11.8 Å². The standard InChI is InChI=1S/C30H56N2O10P2/c33-26(10-7-5-3-1-2-4-6-8-12-28(35)36)31-15-9-11-27(34)32(16-20-41-24-22-39-18-13-29(37)43)17-21-42-25-23-40-19-14-30(38)44/h1-25,43-44H2,(H,31,33)(H,35,36). The number of carbonyl (C=O) groups excluding carboxylic acids is 4. The molecule has 0 heterocycles. The van der Waals surface area contributed by atoms with Gasteiger partial charge in [0.1, 0.15) is 0 Å². The molecule has 0 aliphatic heterocycles. The highest BCUT2D eigenvalue weighted by Crippen LogP contribution is 2.10. The molecule has 0 aromatic rings. The summed E-state index contributed by atoms with van der Waals surface area (Å²) in [6.07, 6.45) is 10.1. The molecule has 12 nitrogen and oxygen atoms in total. The van der Waals surface area contributed by atoms with Gasteiger partial charge in [0.25, 0.3) is 0 Å².